The smallest absolute Gasteiger partial charge is 0.311 e. The van der Waals surface area contributed by atoms with Crippen molar-refractivity contribution in [3.63, 3.8) is 0 Å². The van der Waals surface area contributed by atoms with Crippen LogP contribution >= 0.6 is 11.3 Å². The van der Waals surface area contributed by atoms with Crippen LogP contribution in [0, 0.1) is 5.92 Å². The summed E-state index contributed by atoms with van der Waals surface area (Å²) in [5.74, 6) is -2.30. The zero-order chi connectivity index (χ0) is 14.7. The topological polar surface area (TPSA) is 105 Å². The third-order valence-corrected chi connectivity index (χ3v) is 3.84. The summed E-state index contributed by atoms with van der Waals surface area (Å²) >= 11 is 1.13. The monoisotopic (exact) mass is 298 g/mol. The lowest BCUT2D eigenvalue weighted by molar-refractivity contribution is -0.142. The third-order valence-electron chi connectivity index (χ3n) is 2.84. The Morgan fingerprint density at radius 3 is 2.75 bits per heavy atom. The van der Waals surface area contributed by atoms with Crippen LogP contribution in [0.1, 0.15) is 16.6 Å². The van der Waals surface area contributed by atoms with Gasteiger partial charge in [-0.05, 0) is 12.1 Å². The second kappa shape index (κ2) is 6.02. The summed E-state index contributed by atoms with van der Waals surface area (Å²) in [4.78, 5) is 34.3. The fraction of sp³-hybridized carbons (Fsp3) is 0.417. The molecular formula is C12H14N2O5S. The lowest BCUT2D eigenvalue weighted by atomic mass is 10.0. The summed E-state index contributed by atoms with van der Waals surface area (Å²) < 4.78 is 5.08. The maximum absolute atomic E-state index is 12.0. The molecule has 2 heterocycles. The molecule has 2 unspecified atom stereocenters. The van der Waals surface area contributed by atoms with Gasteiger partial charge < -0.3 is 20.5 Å². The number of thiophene rings is 1. The number of carboxylic acids is 1. The van der Waals surface area contributed by atoms with Gasteiger partial charge in [0.25, 0.3) is 5.91 Å². The highest BCUT2D eigenvalue weighted by Crippen LogP contribution is 2.22. The molecule has 0 aromatic carbocycles. The molecule has 0 radical (unpaired) electrons. The van der Waals surface area contributed by atoms with Crippen LogP contribution in [0.4, 0.5) is 5.00 Å². The van der Waals surface area contributed by atoms with E-state index in [9.17, 15) is 14.4 Å². The van der Waals surface area contributed by atoms with E-state index in [-0.39, 0.29) is 25.0 Å². The van der Waals surface area contributed by atoms with E-state index in [0.717, 1.165) is 11.3 Å². The van der Waals surface area contributed by atoms with Crippen molar-refractivity contribution in [1.29, 1.82) is 0 Å². The molecule has 2 amide bonds. The predicted molar refractivity (Wildman–Crippen MR) is 71.8 cm³/mol. The molecule has 1 fully saturated rings. The molecule has 0 bridgehead atoms. The fourth-order valence-corrected chi connectivity index (χ4v) is 2.74. The number of rotatable bonds is 4. The first-order chi connectivity index (χ1) is 9.47. The molecule has 0 saturated carbocycles. The molecule has 3 N–H and O–H groups in total. The number of ether oxygens (including phenoxy) is 1. The second-order valence-corrected chi connectivity index (χ2v) is 5.49. The number of carbonyl (C=O) groups excluding carboxylic acids is 2. The van der Waals surface area contributed by atoms with E-state index in [1.165, 1.54) is 6.92 Å². The normalized spacial score (nSPS) is 21.4. The van der Waals surface area contributed by atoms with Crippen LogP contribution in [0.15, 0.2) is 12.1 Å². The quantitative estimate of drug-likeness (QED) is 0.752. The number of aliphatic carboxylic acids is 1. The molecule has 1 saturated heterocycles. The van der Waals surface area contributed by atoms with Crippen molar-refractivity contribution in [1.82, 2.24) is 5.32 Å². The van der Waals surface area contributed by atoms with Crippen LogP contribution in [-0.4, -0.2) is 42.1 Å². The molecule has 7 nitrogen and oxygen atoms in total. The minimum Gasteiger partial charge on any atom is -0.481 e. The van der Waals surface area contributed by atoms with Crippen molar-refractivity contribution in [2.45, 2.75) is 13.0 Å². The maximum atomic E-state index is 12.0. The zero-order valence-corrected chi connectivity index (χ0v) is 11.5. The first kappa shape index (κ1) is 14.5. The Morgan fingerprint density at radius 1 is 1.35 bits per heavy atom. The lowest BCUT2D eigenvalue weighted by Crippen LogP contribution is -2.42. The van der Waals surface area contributed by atoms with Gasteiger partial charge in [0.1, 0.15) is 5.92 Å². The minimum atomic E-state index is -0.988. The lowest BCUT2D eigenvalue weighted by Gasteiger charge is -2.14. The fourth-order valence-electron chi connectivity index (χ4n) is 1.88. The molecule has 20 heavy (non-hydrogen) atoms. The molecule has 2 atom stereocenters. The van der Waals surface area contributed by atoms with E-state index in [1.807, 2.05) is 0 Å². The van der Waals surface area contributed by atoms with Crippen LogP contribution < -0.4 is 10.6 Å². The van der Waals surface area contributed by atoms with Crippen molar-refractivity contribution in [2.75, 3.05) is 18.5 Å². The van der Waals surface area contributed by atoms with Gasteiger partial charge in [-0.25, -0.2) is 0 Å². The molecule has 108 valence electrons. The Hall–Kier alpha value is -1.93. The van der Waals surface area contributed by atoms with Crippen LogP contribution in [0.25, 0.3) is 0 Å². The minimum absolute atomic E-state index is 0.0991. The highest BCUT2D eigenvalue weighted by atomic mass is 32.1. The van der Waals surface area contributed by atoms with Crippen LogP contribution in [0.3, 0.4) is 0 Å². The summed E-state index contributed by atoms with van der Waals surface area (Å²) in [5.41, 5.74) is 0. The third kappa shape index (κ3) is 3.34. The summed E-state index contributed by atoms with van der Waals surface area (Å²) in [6.45, 7) is 1.67. The Kier molecular flexibility index (Phi) is 4.35. The number of amides is 2. The predicted octanol–water partition coefficient (Wildman–Crippen LogP) is 0.536. The highest BCUT2D eigenvalue weighted by Gasteiger charge is 2.35. The van der Waals surface area contributed by atoms with E-state index in [0.29, 0.717) is 9.88 Å². The van der Waals surface area contributed by atoms with Gasteiger partial charge in [-0.1, -0.05) is 0 Å². The molecule has 0 aliphatic carbocycles. The Balaban J connectivity index is 1.99. The summed E-state index contributed by atoms with van der Waals surface area (Å²) in [5, 5.41) is 14.8. The average molecular weight is 298 g/mol. The van der Waals surface area contributed by atoms with Crippen molar-refractivity contribution in [3.05, 3.63) is 17.0 Å². The van der Waals surface area contributed by atoms with E-state index >= 15 is 0 Å². The molecule has 8 heteroatoms. The van der Waals surface area contributed by atoms with Gasteiger partial charge in [0.2, 0.25) is 5.91 Å². The Morgan fingerprint density at radius 2 is 2.10 bits per heavy atom. The average Bonchev–Trinajstić information content (AvgIpc) is 2.97. The van der Waals surface area contributed by atoms with Gasteiger partial charge in [-0.3, -0.25) is 14.4 Å². The SMILES string of the molecule is CC(=O)Nc1ccc(C(=O)NC2COCC2C(=O)O)s1. The van der Waals surface area contributed by atoms with E-state index in [2.05, 4.69) is 10.6 Å². The molecule has 1 aromatic rings. The van der Waals surface area contributed by atoms with Crippen molar-refractivity contribution in [2.24, 2.45) is 5.92 Å². The van der Waals surface area contributed by atoms with E-state index in [1.54, 1.807) is 12.1 Å². The number of hydrogen-bond donors (Lipinski definition) is 3. The number of hydrogen-bond acceptors (Lipinski definition) is 5. The van der Waals surface area contributed by atoms with Gasteiger partial charge in [0, 0.05) is 6.92 Å². The summed E-state index contributed by atoms with van der Waals surface area (Å²) in [6, 6.07) is 2.67. The Bertz CT molecular complexity index is 542. The number of carbonyl (C=O) groups is 3. The van der Waals surface area contributed by atoms with E-state index < -0.39 is 17.9 Å². The van der Waals surface area contributed by atoms with Gasteiger partial charge in [0.05, 0.1) is 29.1 Å². The van der Waals surface area contributed by atoms with Crippen molar-refractivity contribution < 1.29 is 24.2 Å². The number of nitrogens with one attached hydrogen (secondary N) is 2. The number of carboxylic acid groups (broad SMARTS) is 1. The molecular weight excluding hydrogens is 284 g/mol. The van der Waals surface area contributed by atoms with Crippen LogP contribution in [-0.2, 0) is 14.3 Å². The van der Waals surface area contributed by atoms with Crippen LogP contribution in [0.5, 0.6) is 0 Å². The van der Waals surface area contributed by atoms with Crippen LogP contribution in [0.2, 0.25) is 0 Å². The summed E-state index contributed by atoms with van der Waals surface area (Å²) in [6.07, 6.45) is 0. The van der Waals surface area contributed by atoms with Gasteiger partial charge in [-0.15, -0.1) is 11.3 Å². The molecule has 0 spiro atoms. The van der Waals surface area contributed by atoms with Crippen molar-refractivity contribution in [3.8, 4) is 0 Å². The molecule has 1 aromatic heterocycles. The summed E-state index contributed by atoms with van der Waals surface area (Å²) in [7, 11) is 0. The van der Waals surface area contributed by atoms with Crippen molar-refractivity contribution >= 4 is 34.1 Å². The number of anilines is 1. The molecule has 1 aliphatic rings. The van der Waals surface area contributed by atoms with Gasteiger partial charge in [-0.2, -0.15) is 0 Å². The second-order valence-electron chi connectivity index (χ2n) is 4.41. The molecule has 1 aliphatic heterocycles. The molecule has 2 rings (SSSR count). The first-order valence-electron chi connectivity index (χ1n) is 5.96. The Labute approximate surface area is 118 Å². The van der Waals surface area contributed by atoms with Gasteiger partial charge >= 0.3 is 5.97 Å². The van der Waals surface area contributed by atoms with Gasteiger partial charge in [0.15, 0.2) is 0 Å². The van der Waals surface area contributed by atoms with E-state index in [4.69, 9.17) is 9.84 Å². The maximum Gasteiger partial charge on any atom is 0.311 e. The standard InChI is InChI=1S/C12H14N2O5S/c1-6(15)13-10-3-2-9(20-10)11(16)14-8-5-19-4-7(8)12(17)18/h2-3,7-8H,4-5H2,1H3,(H,13,15)(H,14,16)(H,17,18). The highest BCUT2D eigenvalue weighted by molar-refractivity contribution is 7.18. The zero-order valence-electron chi connectivity index (χ0n) is 10.7. The first-order valence-corrected chi connectivity index (χ1v) is 6.78. The largest absolute Gasteiger partial charge is 0.481 e.